The number of hydrogen-bond acceptors (Lipinski definition) is 2. The zero-order valence-corrected chi connectivity index (χ0v) is 12.3. The smallest absolute Gasteiger partial charge is 0.0773 e. The molecular weight excluding hydrogens is 252 g/mol. The lowest BCUT2D eigenvalue weighted by atomic mass is 10.1. The molecule has 1 atom stereocenters. The van der Waals surface area contributed by atoms with Gasteiger partial charge in [0.05, 0.1) is 4.99 Å². The van der Waals surface area contributed by atoms with Gasteiger partial charge in [-0.15, -0.1) is 0 Å². The minimum Gasteiger partial charge on any atom is -0.393 e. The van der Waals surface area contributed by atoms with Crippen molar-refractivity contribution in [3.8, 4) is 0 Å². The second kappa shape index (κ2) is 6.02. The molecule has 0 spiro atoms. The van der Waals surface area contributed by atoms with Crippen molar-refractivity contribution >= 4 is 33.7 Å². The molecule has 0 heterocycles. The summed E-state index contributed by atoms with van der Waals surface area (Å²) in [6.45, 7) is 6.05. The van der Waals surface area contributed by atoms with Crippen LogP contribution >= 0.6 is 12.2 Å². The first-order chi connectivity index (χ1) is 9.13. The van der Waals surface area contributed by atoms with Gasteiger partial charge in [-0.1, -0.05) is 55.5 Å². The van der Waals surface area contributed by atoms with Crippen molar-refractivity contribution in [3.05, 3.63) is 42.5 Å². The summed E-state index contributed by atoms with van der Waals surface area (Å²) in [5.74, 6) is 0.217. The van der Waals surface area contributed by atoms with E-state index in [2.05, 4.69) is 61.2 Å². The van der Waals surface area contributed by atoms with E-state index in [-0.39, 0.29) is 5.92 Å². The van der Waals surface area contributed by atoms with Crippen LogP contribution in [0.5, 0.6) is 0 Å². The van der Waals surface area contributed by atoms with E-state index < -0.39 is 0 Å². The highest BCUT2D eigenvalue weighted by Gasteiger charge is 2.13. The van der Waals surface area contributed by atoms with Gasteiger partial charge in [0.25, 0.3) is 0 Å². The van der Waals surface area contributed by atoms with Crippen LogP contribution in [-0.2, 0) is 0 Å². The van der Waals surface area contributed by atoms with Gasteiger partial charge >= 0.3 is 0 Å². The Morgan fingerprint density at radius 2 is 1.89 bits per heavy atom. The van der Waals surface area contributed by atoms with E-state index in [0.717, 1.165) is 13.1 Å². The summed E-state index contributed by atoms with van der Waals surface area (Å²) in [6.07, 6.45) is 0. The van der Waals surface area contributed by atoms with Crippen molar-refractivity contribution in [2.24, 2.45) is 11.7 Å². The Hall–Kier alpha value is -1.61. The van der Waals surface area contributed by atoms with Crippen molar-refractivity contribution in [3.63, 3.8) is 0 Å². The van der Waals surface area contributed by atoms with Gasteiger partial charge in [-0.05, 0) is 18.4 Å². The lowest BCUT2D eigenvalue weighted by molar-refractivity contribution is 0.709. The molecule has 0 saturated heterocycles. The average Bonchev–Trinajstić information content (AvgIpc) is 2.44. The monoisotopic (exact) mass is 272 g/mol. The van der Waals surface area contributed by atoms with Gasteiger partial charge in [0.15, 0.2) is 0 Å². The minimum atomic E-state index is 0.217. The first kappa shape index (κ1) is 13.8. The van der Waals surface area contributed by atoms with Crippen molar-refractivity contribution in [2.75, 3.05) is 18.0 Å². The van der Waals surface area contributed by atoms with Gasteiger partial charge < -0.3 is 10.6 Å². The molecule has 0 amide bonds. The third-order valence-corrected chi connectivity index (χ3v) is 3.87. The zero-order chi connectivity index (χ0) is 13.8. The number of nitrogens with two attached hydrogens (primary N) is 1. The van der Waals surface area contributed by atoms with Crippen molar-refractivity contribution in [1.82, 2.24) is 0 Å². The van der Waals surface area contributed by atoms with Crippen LogP contribution < -0.4 is 10.6 Å². The standard InChI is InChI=1S/C16H20N2S/c1-3-18(11-12(2)16(17)19)15-10-6-8-13-7-4-5-9-14(13)15/h4-10,12H,3,11H2,1-2H3,(H2,17,19). The van der Waals surface area contributed by atoms with Gasteiger partial charge in [0, 0.05) is 30.1 Å². The Bertz CT molecular complexity index is 574. The van der Waals surface area contributed by atoms with Crippen LogP contribution in [0.25, 0.3) is 10.8 Å². The summed E-state index contributed by atoms with van der Waals surface area (Å²) in [4.78, 5) is 2.92. The molecule has 0 saturated carbocycles. The maximum atomic E-state index is 5.73. The first-order valence-electron chi connectivity index (χ1n) is 6.65. The van der Waals surface area contributed by atoms with Crippen molar-refractivity contribution in [2.45, 2.75) is 13.8 Å². The predicted molar refractivity (Wildman–Crippen MR) is 87.8 cm³/mol. The maximum absolute atomic E-state index is 5.73. The molecule has 0 bridgehead atoms. The van der Waals surface area contributed by atoms with Crippen molar-refractivity contribution < 1.29 is 0 Å². The quantitative estimate of drug-likeness (QED) is 0.843. The van der Waals surface area contributed by atoms with E-state index in [1.165, 1.54) is 16.5 Å². The molecule has 0 aliphatic rings. The van der Waals surface area contributed by atoms with Gasteiger partial charge in [-0.2, -0.15) is 0 Å². The van der Waals surface area contributed by atoms with Crippen LogP contribution in [0.3, 0.4) is 0 Å². The molecule has 2 aromatic carbocycles. The molecular formula is C16H20N2S. The Morgan fingerprint density at radius 3 is 2.58 bits per heavy atom. The summed E-state index contributed by atoms with van der Waals surface area (Å²) in [5.41, 5.74) is 6.99. The fraction of sp³-hybridized carbons (Fsp3) is 0.312. The molecule has 19 heavy (non-hydrogen) atoms. The summed E-state index contributed by atoms with van der Waals surface area (Å²) < 4.78 is 0. The summed E-state index contributed by atoms with van der Waals surface area (Å²) in [6, 6.07) is 14.9. The molecule has 100 valence electrons. The van der Waals surface area contributed by atoms with Crippen LogP contribution in [-0.4, -0.2) is 18.1 Å². The molecule has 2 N–H and O–H groups in total. The number of thiocarbonyl (C=S) groups is 1. The van der Waals surface area contributed by atoms with E-state index in [1.807, 2.05) is 0 Å². The van der Waals surface area contributed by atoms with Crippen LogP contribution in [0.1, 0.15) is 13.8 Å². The summed E-state index contributed by atoms with van der Waals surface area (Å²) in [5, 5.41) is 2.54. The van der Waals surface area contributed by atoms with Crippen LogP contribution in [0.2, 0.25) is 0 Å². The minimum absolute atomic E-state index is 0.217. The topological polar surface area (TPSA) is 29.3 Å². The van der Waals surface area contributed by atoms with Crippen LogP contribution in [0, 0.1) is 5.92 Å². The van der Waals surface area contributed by atoms with Crippen LogP contribution in [0.4, 0.5) is 5.69 Å². The SMILES string of the molecule is CCN(CC(C)C(N)=S)c1cccc2ccccc12. The molecule has 2 nitrogen and oxygen atoms in total. The van der Waals surface area contributed by atoms with E-state index in [0.29, 0.717) is 4.99 Å². The fourth-order valence-corrected chi connectivity index (χ4v) is 2.38. The van der Waals surface area contributed by atoms with E-state index >= 15 is 0 Å². The highest BCUT2D eigenvalue weighted by atomic mass is 32.1. The average molecular weight is 272 g/mol. The highest BCUT2D eigenvalue weighted by Crippen LogP contribution is 2.27. The number of nitrogens with zero attached hydrogens (tertiary/aromatic N) is 1. The largest absolute Gasteiger partial charge is 0.393 e. The Balaban J connectivity index is 2.38. The predicted octanol–water partition coefficient (Wildman–Crippen LogP) is 3.59. The first-order valence-corrected chi connectivity index (χ1v) is 7.06. The molecule has 3 heteroatoms. The molecule has 1 unspecified atom stereocenters. The Kier molecular flexibility index (Phi) is 4.38. The third kappa shape index (κ3) is 3.04. The lowest BCUT2D eigenvalue weighted by Crippen LogP contribution is -2.34. The molecule has 2 aromatic rings. The Morgan fingerprint density at radius 1 is 1.21 bits per heavy atom. The molecule has 0 radical (unpaired) electrons. The van der Waals surface area contributed by atoms with E-state index in [4.69, 9.17) is 18.0 Å². The van der Waals surface area contributed by atoms with Gasteiger partial charge in [-0.25, -0.2) is 0 Å². The highest BCUT2D eigenvalue weighted by molar-refractivity contribution is 7.80. The maximum Gasteiger partial charge on any atom is 0.0773 e. The summed E-state index contributed by atoms with van der Waals surface area (Å²) in [7, 11) is 0. The second-order valence-corrected chi connectivity index (χ2v) is 5.31. The van der Waals surface area contributed by atoms with Gasteiger partial charge in [-0.3, -0.25) is 0 Å². The number of hydrogen-bond donors (Lipinski definition) is 1. The van der Waals surface area contributed by atoms with Gasteiger partial charge in [0.1, 0.15) is 0 Å². The third-order valence-electron chi connectivity index (χ3n) is 3.47. The lowest BCUT2D eigenvalue weighted by Gasteiger charge is -2.27. The molecule has 0 fully saturated rings. The normalized spacial score (nSPS) is 12.3. The van der Waals surface area contributed by atoms with Gasteiger partial charge in [0.2, 0.25) is 0 Å². The number of fused-ring (bicyclic) bond motifs is 1. The second-order valence-electron chi connectivity index (χ2n) is 4.84. The van der Waals surface area contributed by atoms with Crippen LogP contribution in [0.15, 0.2) is 42.5 Å². The fourth-order valence-electron chi connectivity index (χ4n) is 2.30. The van der Waals surface area contributed by atoms with E-state index in [1.54, 1.807) is 0 Å². The zero-order valence-electron chi connectivity index (χ0n) is 11.5. The summed E-state index contributed by atoms with van der Waals surface area (Å²) >= 11 is 5.08. The number of anilines is 1. The molecule has 0 aromatic heterocycles. The van der Waals surface area contributed by atoms with Crippen molar-refractivity contribution in [1.29, 1.82) is 0 Å². The number of benzene rings is 2. The molecule has 0 aliphatic carbocycles. The molecule has 2 rings (SSSR count). The Labute approximate surface area is 120 Å². The number of rotatable bonds is 5. The molecule has 0 aliphatic heterocycles. The van der Waals surface area contributed by atoms with E-state index in [9.17, 15) is 0 Å².